The zero-order valence-electron chi connectivity index (χ0n) is 11.9. The van der Waals surface area contributed by atoms with Crippen molar-refractivity contribution >= 4 is 18.5 Å². The quantitative estimate of drug-likeness (QED) is 0.805. The van der Waals surface area contributed by atoms with E-state index in [-0.39, 0.29) is 5.70 Å². The van der Waals surface area contributed by atoms with E-state index in [0.717, 1.165) is 6.40 Å². The molecule has 1 amide bonds. The second kappa shape index (κ2) is 11.7. The van der Waals surface area contributed by atoms with E-state index in [9.17, 15) is 4.79 Å². The van der Waals surface area contributed by atoms with Crippen LogP contribution in [0, 0.1) is 0 Å². The first-order chi connectivity index (χ1) is 10.8. The zero-order chi connectivity index (χ0) is 15.9. The molecule has 6 heteroatoms. The highest BCUT2D eigenvalue weighted by molar-refractivity contribution is 5.92. The van der Waals surface area contributed by atoms with E-state index >= 15 is 0 Å². The van der Waals surface area contributed by atoms with Gasteiger partial charge in [-0.3, -0.25) is 9.79 Å². The van der Waals surface area contributed by atoms with Gasteiger partial charge >= 0.3 is 0 Å². The molecule has 0 aliphatic carbocycles. The minimum atomic E-state index is -0.706. The maximum absolute atomic E-state index is 11.1. The Morgan fingerprint density at radius 2 is 1.82 bits per heavy atom. The van der Waals surface area contributed by atoms with E-state index in [1.165, 1.54) is 24.9 Å². The van der Waals surface area contributed by atoms with E-state index < -0.39 is 5.91 Å². The molecule has 2 N–H and O–H groups in total. The largest absolute Gasteiger partial charge is 0.497 e. The monoisotopic (exact) mass is 299 g/mol. The Hall–Kier alpha value is -3.15. The van der Waals surface area contributed by atoms with Crippen molar-refractivity contribution in [3.63, 3.8) is 0 Å². The van der Waals surface area contributed by atoms with Gasteiger partial charge in [0.1, 0.15) is 12.3 Å². The van der Waals surface area contributed by atoms with E-state index in [4.69, 9.17) is 15.2 Å². The Morgan fingerprint density at radius 1 is 1.05 bits per heavy atom. The molecule has 1 rings (SSSR count). The number of primary amides is 1. The number of rotatable bonds is 1. The predicted molar refractivity (Wildman–Crippen MR) is 87.0 cm³/mol. The lowest BCUT2D eigenvalue weighted by atomic mass is 10.4. The van der Waals surface area contributed by atoms with Crippen molar-refractivity contribution < 1.29 is 14.3 Å². The SMILES string of the molecule is NC(=O)C1=CN=C/C=C\OC\C=C/C=C\C=C/C=C\OC=N1. The summed E-state index contributed by atoms with van der Waals surface area (Å²) in [6.07, 6.45) is 21.0. The first-order valence-electron chi connectivity index (χ1n) is 6.43. The van der Waals surface area contributed by atoms with Crippen molar-refractivity contribution in [1.29, 1.82) is 0 Å². The number of nitrogens with zero attached hydrogens (tertiary/aromatic N) is 2. The first-order valence-corrected chi connectivity index (χ1v) is 6.43. The topological polar surface area (TPSA) is 86.3 Å². The van der Waals surface area contributed by atoms with Gasteiger partial charge in [0.25, 0.3) is 5.91 Å². The third-order valence-corrected chi connectivity index (χ3v) is 2.09. The zero-order valence-corrected chi connectivity index (χ0v) is 11.9. The van der Waals surface area contributed by atoms with E-state index in [1.807, 2.05) is 30.4 Å². The third kappa shape index (κ3) is 8.87. The number of carbonyl (C=O) groups excluding carboxylic acids is 1. The van der Waals surface area contributed by atoms with E-state index in [1.54, 1.807) is 18.2 Å². The molecule has 1 aliphatic heterocycles. The number of carbonyl (C=O) groups is 1. The Balaban J connectivity index is 2.78. The van der Waals surface area contributed by atoms with Crippen LogP contribution in [-0.4, -0.2) is 25.1 Å². The third-order valence-electron chi connectivity index (χ3n) is 2.09. The van der Waals surface area contributed by atoms with E-state index in [2.05, 4.69) is 9.98 Å². The minimum Gasteiger partial charge on any atom is -0.497 e. The summed E-state index contributed by atoms with van der Waals surface area (Å²) < 4.78 is 10.2. The fourth-order valence-electron chi connectivity index (χ4n) is 1.13. The number of hydrogen-bond donors (Lipinski definition) is 1. The lowest BCUT2D eigenvalue weighted by molar-refractivity contribution is -0.114. The molecule has 22 heavy (non-hydrogen) atoms. The lowest BCUT2D eigenvalue weighted by Crippen LogP contribution is -2.12. The van der Waals surface area contributed by atoms with Gasteiger partial charge < -0.3 is 15.2 Å². The summed E-state index contributed by atoms with van der Waals surface area (Å²) in [6, 6.07) is 0. The van der Waals surface area contributed by atoms with Gasteiger partial charge in [0, 0.05) is 6.21 Å². The molecule has 0 spiro atoms. The van der Waals surface area contributed by atoms with Crippen molar-refractivity contribution in [1.82, 2.24) is 0 Å². The molecule has 0 radical (unpaired) electrons. The second-order valence-corrected chi connectivity index (χ2v) is 3.74. The Morgan fingerprint density at radius 3 is 2.64 bits per heavy atom. The summed E-state index contributed by atoms with van der Waals surface area (Å²) in [6.45, 7) is 0.443. The Labute approximate surface area is 129 Å². The van der Waals surface area contributed by atoms with Crippen LogP contribution in [0.5, 0.6) is 0 Å². The molecular weight excluding hydrogens is 282 g/mol. The molecule has 114 valence electrons. The summed E-state index contributed by atoms with van der Waals surface area (Å²) in [4.78, 5) is 18.8. The van der Waals surface area contributed by atoms with Gasteiger partial charge in [0.15, 0.2) is 6.40 Å². The molecule has 0 atom stereocenters. The van der Waals surface area contributed by atoms with Crippen LogP contribution in [0.1, 0.15) is 0 Å². The van der Waals surface area contributed by atoms with Gasteiger partial charge in [0.05, 0.1) is 18.7 Å². The molecular formula is C16H17N3O3. The number of allylic oxidation sites excluding steroid dienone is 7. The van der Waals surface area contributed by atoms with Crippen LogP contribution < -0.4 is 5.73 Å². The summed E-state index contributed by atoms with van der Waals surface area (Å²) in [5.41, 5.74) is 5.14. The van der Waals surface area contributed by atoms with Gasteiger partial charge in [-0.25, -0.2) is 4.99 Å². The highest BCUT2D eigenvalue weighted by Gasteiger charge is 2.00. The van der Waals surface area contributed by atoms with Crippen LogP contribution >= 0.6 is 0 Å². The van der Waals surface area contributed by atoms with Crippen molar-refractivity contribution in [2.75, 3.05) is 6.61 Å². The highest BCUT2D eigenvalue weighted by atomic mass is 16.5. The predicted octanol–water partition coefficient (Wildman–Crippen LogP) is 2.16. The molecule has 0 unspecified atom stereocenters. The standard InChI is InChI=1S/C16H17N3O3/c17-16(20)15-13-18-9-8-12-21-10-6-4-2-1-3-5-7-11-22-14-19-15/h1-9,11-14H,10H2,(H2,17,20)/b2-1-,5-3-,6-4-,11-7-,12-8-,15-13?,18-9?,19-14?. The average Bonchev–Trinajstić information content (AvgIpc) is 2.50. The smallest absolute Gasteiger partial charge is 0.269 e. The van der Waals surface area contributed by atoms with Gasteiger partial charge in [-0.15, -0.1) is 0 Å². The molecule has 0 aromatic rings. The molecule has 0 saturated heterocycles. The maximum Gasteiger partial charge on any atom is 0.269 e. The molecule has 0 bridgehead atoms. The molecule has 0 saturated carbocycles. The van der Waals surface area contributed by atoms with Gasteiger partial charge in [-0.05, 0) is 18.2 Å². The molecule has 6 nitrogen and oxygen atoms in total. The highest BCUT2D eigenvalue weighted by Crippen LogP contribution is 1.95. The molecule has 1 aliphatic rings. The summed E-state index contributed by atoms with van der Waals surface area (Å²) in [7, 11) is 0. The summed E-state index contributed by atoms with van der Waals surface area (Å²) >= 11 is 0. The van der Waals surface area contributed by atoms with Crippen molar-refractivity contribution in [3.05, 3.63) is 73.0 Å². The lowest BCUT2D eigenvalue weighted by Gasteiger charge is -1.93. The normalized spacial score (nSPS) is 23.4. The molecule has 0 fully saturated rings. The van der Waals surface area contributed by atoms with E-state index in [0.29, 0.717) is 6.61 Å². The van der Waals surface area contributed by atoms with Gasteiger partial charge in [-0.1, -0.05) is 30.4 Å². The van der Waals surface area contributed by atoms with Crippen LogP contribution in [0.3, 0.4) is 0 Å². The first kappa shape index (κ1) is 16.9. The second-order valence-electron chi connectivity index (χ2n) is 3.74. The number of ether oxygens (including phenoxy) is 2. The van der Waals surface area contributed by atoms with Crippen molar-refractivity contribution in [3.8, 4) is 0 Å². The van der Waals surface area contributed by atoms with Crippen LogP contribution in [0.2, 0.25) is 0 Å². The Kier molecular flexibility index (Phi) is 8.96. The van der Waals surface area contributed by atoms with Crippen LogP contribution in [0.25, 0.3) is 0 Å². The van der Waals surface area contributed by atoms with Crippen molar-refractivity contribution in [2.45, 2.75) is 0 Å². The Bertz CT molecular complexity index is 579. The number of amides is 1. The summed E-state index contributed by atoms with van der Waals surface area (Å²) in [5, 5.41) is 0. The minimum absolute atomic E-state index is 0.0294. The fourth-order valence-corrected chi connectivity index (χ4v) is 1.13. The van der Waals surface area contributed by atoms with Gasteiger partial charge in [-0.2, -0.15) is 0 Å². The number of aliphatic imine (C=N–C) groups is 2. The van der Waals surface area contributed by atoms with Crippen molar-refractivity contribution in [2.24, 2.45) is 15.7 Å². The number of nitrogens with two attached hydrogens (primary N) is 1. The molecule has 0 aromatic heterocycles. The number of hydrogen-bond acceptors (Lipinski definition) is 5. The molecule has 0 aromatic carbocycles. The average molecular weight is 299 g/mol. The maximum atomic E-state index is 11.1. The fraction of sp³-hybridized carbons (Fsp3) is 0.0625. The summed E-state index contributed by atoms with van der Waals surface area (Å²) in [5.74, 6) is -0.706. The van der Waals surface area contributed by atoms with Crippen LogP contribution in [0.4, 0.5) is 0 Å². The molecule has 1 heterocycles. The van der Waals surface area contributed by atoms with Gasteiger partial charge in [0.2, 0.25) is 0 Å². The van der Waals surface area contributed by atoms with Crippen LogP contribution in [-0.2, 0) is 14.3 Å². The van der Waals surface area contributed by atoms with Crippen LogP contribution in [0.15, 0.2) is 83.0 Å².